The van der Waals surface area contributed by atoms with Crippen molar-refractivity contribution in [2.45, 2.75) is 37.2 Å². The Morgan fingerprint density at radius 1 is 0.973 bits per heavy atom. The summed E-state index contributed by atoms with van der Waals surface area (Å²) in [5.41, 5.74) is 3.03. The largest absolute Gasteiger partial charge is 0.478 e. The monoisotopic (exact) mass is 521 g/mol. The maximum absolute atomic E-state index is 13.3. The van der Waals surface area contributed by atoms with Gasteiger partial charge in [0.25, 0.3) is 0 Å². The highest BCUT2D eigenvalue weighted by atomic mass is 32.2. The molecule has 192 valence electrons. The number of carboxylic acid groups (broad SMARTS) is 1. The molecule has 0 fully saturated rings. The molecule has 1 unspecified atom stereocenters. The zero-order valence-corrected chi connectivity index (χ0v) is 21.0. The molecule has 0 aliphatic carbocycles. The van der Waals surface area contributed by atoms with Crippen LogP contribution in [0.4, 0.5) is 5.69 Å². The number of anilines is 1. The summed E-state index contributed by atoms with van der Waals surface area (Å²) in [5.74, 6) is -1.67. The van der Waals surface area contributed by atoms with E-state index in [1.54, 1.807) is 29.2 Å². The van der Waals surface area contributed by atoms with Crippen LogP contribution >= 0.6 is 0 Å². The molecule has 3 aromatic rings. The second-order valence-corrected chi connectivity index (χ2v) is 10.5. The van der Waals surface area contributed by atoms with Gasteiger partial charge in [-0.15, -0.1) is 0 Å². The maximum Gasteiger partial charge on any atom is 0.335 e. The number of hydrogen-bond acceptors (Lipinski definition) is 5. The summed E-state index contributed by atoms with van der Waals surface area (Å²) < 4.78 is 29.1. The minimum absolute atomic E-state index is 0.0202. The number of carbonyl (C=O) groups is 3. The number of hydrogen-bond donors (Lipinski definition) is 3. The maximum atomic E-state index is 13.3. The zero-order chi connectivity index (χ0) is 26.6. The second-order valence-electron chi connectivity index (χ2n) is 8.79. The molecule has 4 rings (SSSR count). The van der Waals surface area contributed by atoms with E-state index < -0.39 is 27.9 Å². The van der Waals surface area contributed by atoms with Crippen LogP contribution in [0, 0.1) is 0 Å². The highest BCUT2D eigenvalue weighted by molar-refractivity contribution is 7.89. The first-order valence-corrected chi connectivity index (χ1v) is 13.2. The molecular formula is C27H27N3O6S. The smallest absolute Gasteiger partial charge is 0.335 e. The molecule has 2 amide bonds. The molecule has 0 saturated heterocycles. The minimum Gasteiger partial charge on any atom is -0.478 e. The summed E-state index contributed by atoms with van der Waals surface area (Å²) in [6, 6.07) is 18.6. The predicted octanol–water partition coefficient (Wildman–Crippen LogP) is 2.50. The lowest BCUT2D eigenvalue weighted by Crippen LogP contribution is -2.47. The van der Waals surface area contributed by atoms with E-state index in [-0.39, 0.29) is 29.3 Å². The van der Waals surface area contributed by atoms with Gasteiger partial charge < -0.3 is 15.3 Å². The van der Waals surface area contributed by atoms with E-state index in [9.17, 15) is 22.8 Å². The van der Waals surface area contributed by atoms with Crippen LogP contribution in [-0.4, -0.2) is 43.9 Å². The Hall–Kier alpha value is -4.02. The standard InChI is InChI=1S/C27H27N3O6S/c1-18(31)30-14-13-22-16-23(11-12-25(22)30)37(35,36)29-24(15-19-5-3-2-4-6-19)26(32)28-17-20-7-9-21(10-8-20)27(33)34/h2-12,16,24,29H,13-15,17H2,1H3,(H,28,32)(H,33,34). The van der Waals surface area contributed by atoms with Gasteiger partial charge in [-0.25, -0.2) is 13.2 Å². The van der Waals surface area contributed by atoms with Gasteiger partial charge in [0.2, 0.25) is 21.8 Å². The highest BCUT2D eigenvalue weighted by Crippen LogP contribution is 2.30. The Morgan fingerprint density at radius 2 is 1.68 bits per heavy atom. The van der Waals surface area contributed by atoms with Crippen LogP contribution in [0.1, 0.15) is 34.0 Å². The molecule has 0 radical (unpaired) electrons. The van der Waals surface area contributed by atoms with E-state index in [4.69, 9.17) is 5.11 Å². The first-order valence-electron chi connectivity index (χ1n) is 11.7. The number of nitrogens with one attached hydrogen (secondary N) is 2. The van der Waals surface area contributed by atoms with Crippen LogP contribution in [0.2, 0.25) is 0 Å². The van der Waals surface area contributed by atoms with Crippen molar-refractivity contribution in [3.05, 3.63) is 95.1 Å². The molecule has 37 heavy (non-hydrogen) atoms. The van der Waals surface area contributed by atoms with Gasteiger partial charge in [-0.1, -0.05) is 42.5 Å². The van der Waals surface area contributed by atoms with Crippen molar-refractivity contribution < 1.29 is 27.9 Å². The number of nitrogens with zero attached hydrogens (tertiary/aromatic N) is 1. The molecular weight excluding hydrogens is 494 g/mol. The number of rotatable bonds is 9. The summed E-state index contributed by atoms with van der Waals surface area (Å²) in [6.45, 7) is 2.06. The van der Waals surface area contributed by atoms with Crippen LogP contribution in [0.3, 0.4) is 0 Å². The van der Waals surface area contributed by atoms with Crippen molar-refractivity contribution in [3.8, 4) is 0 Å². The Morgan fingerprint density at radius 3 is 2.32 bits per heavy atom. The minimum atomic E-state index is -4.06. The number of benzene rings is 3. The molecule has 3 N–H and O–H groups in total. The molecule has 1 aliphatic heterocycles. The number of fused-ring (bicyclic) bond motifs is 1. The fourth-order valence-electron chi connectivity index (χ4n) is 4.24. The highest BCUT2D eigenvalue weighted by Gasteiger charge is 2.29. The summed E-state index contributed by atoms with van der Waals surface area (Å²) in [7, 11) is -4.06. The van der Waals surface area contributed by atoms with E-state index in [2.05, 4.69) is 10.0 Å². The Bertz CT molecular complexity index is 1420. The van der Waals surface area contributed by atoms with Gasteiger partial charge >= 0.3 is 5.97 Å². The number of carbonyl (C=O) groups excluding carboxylic acids is 2. The lowest BCUT2D eigenvalue weighted by atomic mass is 10.1. The van der Waals surface area contributed by atoms with Gasteiger partial charge in [0.15, 0.2) is 0 Å². The summed E-state index contributed by atoms with van der Waals surface area (Å²) in [6.07, 6.45) is 0.680. The molecule has 10 heteroatoms. The molecule has 0 saturated carbocycles. The van der Waals surface area contributed by atoms with Crippen molar-refractivity contribution in [1.82, 2.24) is 10.0 Å². The van der Waals surface area contributed by atoms with Crippen LogP contribution < -0.4 is 14.9 Å². The molecule has 1 heterocycles. The molecule has 3 aromatic carbocycles. The fourth-order valence-corrected chi connectivity index (χ4v) is 5.49. The second kappa shape index (κ2) is 10.9. The Balaban J connectivity index is 1.52. The molecule has 0 bridgehead atoms. The van der Waals surface area contributed by atoms with Crippen molar-refractivity contribution >= 4 is 33.5 Å². The Labute approximate surface area is 215 Å². The van der Waals surface area contributed by atoms with Crippen molar-refractivity contribution in [2.75, 3.05) is 11.4 Å². The van der Waals surface area contributed by atoms with Gasteiger partial charge in [0, 0.05) is 25.7 Å². The van der Waals surface area contributed by atoms with E-state index in [0.717, 1.165) is 11.1 Å². The van der Waals surface area contributed by atoms with Crippen molar-refractivity contribution in [2.24, 2.45) is 0 Å². The van der Waals surface area contributed by atoms with E-state index in [0.29, 0.717) is 24.2 Å². The first-order chi connectivity index (χ1) is 17.6. The third-order valence-electron chi connectivity index (χ3n) is 6.20. The third kappa shape index (κ3) is 6.22. The first kappa shape index (κ1) is 26.1. The van der Waals surface area contributed by atoms with Crippen molar-refractivity contribution in [3.63, 3.8) is 0 Å². The predicted molar refractivity (Wildman–Crippen MR) is 138 cm³/mol. The topological polar surface area (TPSA) is 133 Å². The summed E-state index contributed by atoms with van der Waals surface area (Å²) >= 11 is 0. The van der Waals surface area contributed by atoms with E-state index >= 15 is 0 Å². The fraction of sp³-hybridized carbons (Fsp3) is 0.222. The Kier molecular flexibility index (Phi) is 7.70. The van der Waals surface area contributed by atoms with Crippen molar-refractivity contribution in [1.29, 1.82) is 0 Å². The van der Waals surface area contributed by atoms with Crippen LogP contribution in [0.25, 0.3) is 0 Å². The zero-order valence-electron chi connectivity index (χ0n) is 20.2. The third-order valence-corrected chi connectivity index (χ3v) is 7.67. The van der Waals surface area contributed by atoms with Crippen LogP contribution in [0.5, 0.6) is 0 Å². The number of sulfonamides is 1. The normalized spacial score (nSPS) is 13.6. The van der Waals surface area contributed by atoms with E-state index in [1.165, 1.54) is 25.1 Å². The van der Waals surface area contributed by atoms with Crippen LogP contribution in [-0.2, 0) is 39.0 Å². The van der Waals surface area contributed by atoms with Gasteiger partial charge in [-0.3, -0.25) is 9.59 Å². The molecule has 0 spiro atoms. The molecule has 9 nitrogen and oxygen atoms in total. The average Bonchev–Trinajstić information content (AvgIpc) is 3.31. The SMILES string of the molecule is CC(=O)N1CCc2cc(S(=O)(=O)NC(Cc3ccccc3)C(=O)NCc3ccc(C(=O)O)cc3)ccc21. The van der Waals surface area contributed by atoms with Gasteiger partial charge in [-0.05, 0) is 59.9 Å². The summed E-state index contributed by atoms with van der Waals surface area (Å²) in [5, 5.41) is 11.8. The molecule has 0 aromatic heterocycles. The molecule has 1 aliphatic rings. The van der Waals surface area contributed by atoms with E-state index in [1.807, 2.05) is 30.3 Å². The quantitative estimate of drug-likeness (QED) is 0.396. The summed E-state index contributed by atoms with van der Waals surface area (Å²) in [4.78, 5) is 37.6. The van der Waals surface area contributed by atoms with Gasteiger partial charge in [-0.2, -0.15) is 4.72 Å². The lowest BCUT2D eigenvalue weighted by molar-refractivity contribution is -0.123. The number of carboxylic acids is 1. The lowest BCUT2D eigenvalue weighted by Gasteiger charge is -2.20. The molecule has 1 atom stereocenters. The van der Waals surface area contributed by atoms with Gasteiger partial charge in [0.1, 0.15) is 6.04 Å². The average molecular weight is 522 g/mol. The van der Waals surface area contributed by atoms with Gasteiger partial charge in [0.05, 0.1) is 10.5 Å². The van der Waals surface area contributed by atoms with Crippen LogP contribution in [0.15, 0.2) is 77.7 Å². The number of amides is 2. The number of aromatic carboxylic acids is 1.